The summed E-state index contributed by atoms with van der Waals surface area (Å²) in [4.78, 5) is 25.2. The van der Waals surface area contributed by atoms with Gasteiger partial charge in [0, 0.05) is 53.6 Å². The quantitative estimate of drug-likeness (QED) is 0.175. The van der Waals surface area contributed by atoms with Crippen LogP contribution in [0.25, 0.3) is 88.2 Å². The molecule has 0 aliphatic carbocycles. The zero-order chi connectivity index (χ0) is 34.1. The Morgan fingerprint density at radius 1 is 0.412 bits per heavy atom. The lowest BCUT2D eigenvalue weighted by atomic mass is 9.99. The van der Waals surface area contributed by atoms with Crippen LogP contribution in [-0.4, -0.2) is 24.9 Å². The van der Waals surface area contributed by atoms with Crippen molar-refractivity contribution in [2.75, 3.05) is 0 Å². The third kappa shape index (κ3) is 5.50. The van der Waals surface area contributed by atoms with Crippen molar-refractivity contribution in [2.24, 2.45) is 0 Å². The molecule has 7 heteroatoms. The maximum absolute atomic E-state index is 10.4. The van der Waals surface area contributed by atoms with E-state index >= 15 is 0 Å². The summed E-state index contributed by atoms with van der Waals surface area (Å²) < 4.78 is 2.15. The van der Waals surface area contributed by atoms with Crippen LogP contribution in [-0.2, 0) is 0 Å². The van der Waals surface area contributed by atoms with Gasteiger partial charge in [0.15, 0.2) is 23.3 Å². The highest BCUT2D eigenvalue weighted by molar-refractivity contribution is 7.26. The van der Waals surface area contributed by atoms with Gasteiger partial charge in [0.25, 0.3) is 0 Å². The van der Waals surface area contributed by atoms with Gasteiger partial charge in [-0.05, 0) is 12.1 Å². The third-order valence-corrected chi connectivity index (χ3v) is 10.0. The summed E-state index contributed by atoms with van der Waals surface area (Å²) in [6, 6.07) is 54.7. The molecule has 0 saturated heterocycles. The largest absolute Gasteiger partial charge is 0.227 e. The van der Waals surface area contributed by atoms with Crippen LogP contribution in [0.2, 0.25) is 0 Å². The summed E-state index contributed by atoms with van der Waals surface area (Å²) in [5.41, 5.74) is 7.02. The summed E-state index contributed by atoms with van der Waals surface area (Å²) in [5.74, 6) is 2.39. The van der Waals surface area contributed by atoms with Gasteiger partial charge in [0.1, 0.15) is 11.6 Å². The summed E-state index contributed by atoms with van der Waals surface area (Å²) >= 11 is 1.70. The average molecular weight is 671 g/mol. The van der Waals surface area contributed by atoms with Crippen molar-refractivity contribution in [3.8, 4) is 74.1 Å². The van der Waals surface area contributed by atoms with Crippen molar-refractivity contribution < 1.29 is 0 Å². The van der Waals surface area contributed by atoms with Gasteiger partial charge in [-0.3, -0.25) is 0 Å². The lowest BCUT2D eigenvalue weighted by Crippen LogP contribution is -2.01. The van der Waals surface area contributed by atoms with Crippen LogP contribution in [0.1, 0.15) is 5.56 Å². The van der Waals surface area contributed by atoms with E-state index in [0.717, 1.165) is 53.6 Å². The van der Waals surface area contributed by atoms with E-state index in [4.69, 9.17) is 24.9 Å². The maximum Gasteiger partial charge on any atom is 0.165 e. The fourth-order valence-corrected chi connectivity index (χ4v) is 7.67. The molecule has 0 saturated carbocycles. The Kier molecular flexibility index (Phi) is 7.62. The molecule has 0 spiro atoms. The van der Waals surface area contributed by atoms with E-state index in [2.05, 4.69) is 36.4 Å². The van der Waals surface area contributed by atoms with E-state index in [1.165, 1.54) is 0 Å². The molecule has 0 atom stereocenters. The molecule has 0 aliphatic rings. The molecular weight excluding hydrogens is 645 g/mol. The molecule has 9 aromatic rings. The van der Waals surface area contributed by atoms with Crippen LogP contribution in [0.15, 0.2) is 158 Å². The minimum absolute atomic E-state index is 0.444. The van der Waals surface area contributed by atoms with Gasteiger partial charge in [-0.2, -0.15) is 5.26 Å². The topological polar surface area (TPSA) is 88.2 Å². The van der Waals surface area contributed by atoms with Crippen molar-refractivity contribution in [1.29, 1.82) is 5.26 Å². The Morgan fingerprint density at radius 3 is 1.39 bits per heavy atom. The molecule has 238 valence electrons. The van der Waals surface area contributed by atoms with Crippen LogP contribution < -0.4 is 0 Å². The first kappa shape index (κ1) is 30.2. The van der Waals surface area contributed by atoms with Crippen molar-refractivity contribution in [3.63, 3.8) is 0 Å². The van der Waals surface area contributed by atoms with E-state index in [1.807, 2.05) is 127 Å². The monoisotopic (exact) mass is 670 g/mol. The Balaban J connectivity index is 1.28. The first-order valence-corrected chi connectivity index (χ1v) is 17.3. The number of aromatic nitrogens is 5. The molecule has 0 N–H and O–H groups in total. The molecular formula is C44H26N6S. The predicted molar refractivity (Wildman–Crippen MR) is 206 cm³/mol. The molecule has 6 nitrogen and oxygen atoms in total. The zero-order valence-corrected chi connectivity index (χ0v) is 27.9. The molecule has 0 unspecified atom stereocenters. The first-order valence-electron chi connectivity index (χ1n) is 16.5. The number of nitrogens with zero attached hydrogens (tertiary/aromatic N) is 6. The Labute approximate surface area is 298 Å². The second-order valence-electron chi connectivity index (χ2n) is 12.0. The van der Waals surface area contributed by atoms with Crippen LogP contribution in [0, 0.1) is 11.3 Å². The fraction of sp³-hybridized carbons (Fsp3) is 0. The highest BCUT2D eigenvalue weighted by Crippen LogP contribution is 2.44. The van der Waals surface area contributed by atoms with Crippen LogP contribution in [0.4, 0.5) is 0 Å². The molecule has 0 fully saturated rings. The molecule has 3 aromatic heterocycles. The van der Waals surface area contributed by atoms with Crippen LogP contribution in [0.5, 0.6) is 0 Å². The number of hydrogen-bond donors (Lipinski definition) is 0. The number of thiophene rings is 1. The van der Waals surface area contributed by atoms with Gasteiger partial charge in [-0.25, -0.2) is 24.9 Å². The highest BCUT2D eigenvalue weighted by Gasteiger charge is 2.22. The molecule has 3 heterocycles. The highest BCUT2D eigenvalue weighted by atomic mass is 32.1. The van der Waals surface area contributed by atoms with E-state index in [-0.39, 0.29) is 0 Å². The molecule has 0 amide bonds. The predicted octanol–water partition coefficient (Wildman–Crippen LogP) is 10.9. The smallest absolute Gasteiger partial charge is 0.165 e. The minimum atomic E-state index is 0.444. The molecule has 51 heavy (non-hydrogen) atoms. The second kappa shape index (κ2) is 12.9. The van der Waals surface area contributed by atoms with Crippen molar-refractivity contribution in [2.45, 2.75) is 0 Å². The van der Waals surface area contributed by atoms with Gasteiger partial charge in [0.05, 0.1) is 11.4 Å². The Morgan fingerprint density at radius 2 is 0.863 bits per heavy atom. The van der Waals surface area contributed by atoms with Crippen LogP contribution >= 0.6 is 11.3 Å². The zero-order valence-electron chi connectivity index (χ0n) is 27.1. The lowest BCUT2D eigenvalue weighted by molar-refractivity contribution is 1.08. The minimum Gasteiger partial charge on any atom is -0.227 e. The van der Waals surface area contributed by atoms with Gasteiger partial charge in [-0.15, -0.1) is 11.3 Å². The van der Waals surface area contributed by atoms with Gasteiger partial charge in [-0.1, -0.05) is 146 Å². The number of fused-ring (bicyclic) bond motifs is 3. The van der Waals surface area contributed by atoms with Crippen molar-refractivity contribution >= 4 is 31.5 Å². The normalized spacial score (nSPS) is 11.1. The Hall–Kier alpha value is -6.88. The number of benzene rings is 6. The number of nitriles is 1. The van der Waals surface area contributed by atoms with E-state index in [9.17, 15) is 5.26 Å². The van der Waals surface area contributed by atoms with Crippen molar-refractivity contribution in [1.82, 2.24) is 24.9 Å². The summed E-state index contributed by atoms with van der Waals surface area (Å²) in [6.45, 7) is 0. The third-order valence-electron chi connectivity index (χ3n) is 8.82. The summed E-state index contributed by atoms with van der Waals surface area (Å²) in [7, 11) is 0. The van der Waals surface area contributed by atoms with Crippen LogP contribution in [0.3, 0.4) is 0 Å². The summed E-state index contributed by atoms with van der Waals surface area (Å²) in [6.07, 6.45) is 0. The average Bonchev–Trinajstić information content (AvgIpc) is 3.61. The summed E-state index contributed by atoms with van der Waals surface area (Å²) in [5, 5.41) is 12.5. The van der Waals surface area contributed by atoms with Crippen molar-refractivity contribution in [3.05, 3.63) is 163 Å². The lowest BCUT2D eigenvalue weighted by Gasteiger charge is -2.13. The molecule has 0 bridgehead atoms. The second-order valence-corrected chi connectivity index (χ2v) is 13.0. The van der Waals surface area contributed by atoms with Gasteiger partial charge in [0.2, 0.25) is 0 Å². The molecule has 0 aliphatic heterocycles. The standard InChI is InChI=1S/C44H26N6S/c45-27-35-38(28-15-5-1-6-16-28)46-43(47-39(35)29-17-7-2-8-18-29)33-24-14-26-36-37(33)32-23-13-25-34(40(32)51-36)44-49-41(30-19-9-3-10-20-30)48-42(50-44)31-21-11-4-12-22-31/h1-26H. The first-order chi connectivity index (χ1) is 25.2. The Bertz CT molecular complexity index is 2620. The number of hydrogen-bond acceptors (Lipinski definition) is 7. The van der Waals surface area contributed by atoms with E-state index in [0.29, 0.717) is 40.2 Å². The SMILES string of the molecule is N#Cc1c(-c2ccccc2)nc(-c2cccc3sc4c(-c5nc(-c6ccccc6)nc(-c6ccccc6)n5)cccc4c23)nc1-c1ccccc1. The molecule has 6 aromatic carbocycles. The fourth-order valence-electron chi connectivity index (χ4n) is 6.44. The van der Waals surface area contributed by atoms with E-state index < -0.39 is 0 Å². The number of rotatable bonds is 6. The molecule has 9 rings (SSSR count). The molecule has 0 radical (unpaired) electrons. The maximum atomic E-state index is 10.4. The van der Waals surface area contributed by atoms with Gasteiger partial charge < -0.3 is 0 Å². The van der Waals surface area contributed by atoms with E-state index in [1.54, 1.807) is 11.3 Å². The van der Waals surface area contributed by atoms with Gasteiger partial charge >= 0.3 is 0 Å².